The first-order valence-corrected chi connectivity index (χ1v) is 9.17. The zero-order chi connectivity index (χ0) is 17.8. The molecule has 26 heavy (non-hydrogen) atoms. The van der Waals surface area contributed by atoms with E-state index in [1.807, 2.05) is 17.0 Å². The molecule has 2 aliphatic heterocycles. The van der Waals surface area contributed by atoms with Crippen LogP contribution in [0.25, 0.3) is 0 Å². The van der Waals surface area contributed by atoms with Gasteiger partial charge >= 0.3 is 6.03 Å². The van der Waals surface area contributed by atoms with Crippen LogP contribution < -0.4 is 11.1 Å². The number of nitrogens with zero attached hydrogens (tertiary/aromatic N) is 2. The molecule has 2 heterocycles. The van der Waals surface area contributed by atoms with E-state index < -0.39 is 0 Å². The first kappa shape index (κ1) is 20.5. The maximum absolute atomic E-state index is 12.5. The first-order valence-electron chi connectivity index (χ1n) is 9.17. The van der Waals surface area contributed by atoms with E-state index in [1.165, 1.54) is 11.1 Å². The monoisotopic (exact) mass is 380 g/mol. The van der Waals surface area contributed by atoms with E-state index in [9.17, 15) is 9.59 Å². The number of hydrogen-bond donors (Lipinski definition) is 2. The number of rotatable bonds is 3. The van der Waals surface area contributed by atoms with E-state index in [-0.39, 0.29) is 36.9 Å². The number of halogens is 1. The molecule has 0 saturated carbocycles. The van der Waals surface area contributed by atoms with Crippen LogP contribution in [0.15, 0.2) is 24.3 Å². The number of hydrogen-bond acceptors (Lipinski definition) is 3. The van der Waals surface area contributed by atoms with Crippen molar-refractivity contribution in [2.75, 3.05) is 26.2 Å². The Hall–Kier alpha value is -1.79. The van der Waals surface area contributed by atoms with Crippen molar-refractivity contribution >= 4 is 24.3 Å². The lowest BCUT2D eigenvalue weighted by atomic mass is 9.92. The highest BCUT2D eigenvalue weighted by molar-refractivity contribution is 5.85. The molecule has 7 heteroatoms. The van der Waals surface area contributed by atoms with E-state index in [4.69, 9.17) is 5.73 Å². The molecule has 0 radical (unpaired) electrons. The first-order chi connectivity index (χ1) is 12.1. The van der Waals surface area contributed by atoms with Gasteiger partial charge in [0.1, 0.15) is 0 Å². The lowest BCUT2D eigenvalue weighted by Crippen LogP contribution is -2.53. The molecule has 1 fully saturated rings. The largest absolute Gasteiger partial charge is 0.337 e. The van der Waals surface area contributed by atoms with Crippen LogP contribution in [0.1, 0.15) is 30.9 Å². The summed E-state index contributed by atoms with van der Waals surface area (Å²) >= 11 is 0. The van der Waals surface area contributed by atoms with E-state index in [2.05, 4.69) is 24.4 Å². The smallest absolute Gasteiger partial charge is 0.318 e. The minimum absolute atomic E-state index is 0. The Morgan fingerprint density at radius 3 is 2.69 bits per heavy atom. The lowest BCUT2D eigenvalue weighted by molar-refractivity contribution is -0.134. The maximum atomic E-state index is 12.5. The van der Waals surface area contributed by atoms with Gasteiger partial charge in [-0.15, -0.1) is 12.4 Å². The number of benzene rings is 1. The van der Waals surface area contributed by atoms with Crippen LogP contribution in [-0.2, 0) is 17.8 Å². The molecule has 0 bridgehead atoms. The summed E-state index contributed by atoms with van der Waals surface area (Å²) in [5.74, 6) is 0.564. The molecule has 6 nitrogen and oxygen atoms in total. The third kappa shape index (κ3) is 4.68. The number of nitrogens with one attached hydrogen (secondary N) is 1. The van der Waals surface area contributed by atoms with Gasteiger partial charge in [-0.2, -0.15) is 0 Å². The summed E-state index contributed by atoms with van der Waals surface area (Å²) in [5.41, 5.74) is 8.31. The van der Waals surface area contributed by atoms with Crippen LogP contribution in [0, 0.1) is 5.92 Å². The molecule has 3 amide bonds. The minimum atomic E-state index is -0.169. The number of amides is 3. The molecule has 1 aromatic carbocycles. The van der Waals surface area contributed by atoms with Crippen molar-refractivity contribution in [1.82, 2.24) is 15.1 Å². The molecule has 2 aliphatic rings. The third-order valence-corrected chi connectivity index (χ3v) is 5.38. The van der Waals surface area contributed by atoms with Gasteiger partial charge in [-0.3, -0.25) is 4.79 Å². The Balaban J connectivity index is 0.00000243. The van der Waals surface area contributed by atoms with Gasteiger partial charge in [0.25, 0.3) is 0 Å². The topological polar surface area (TPSA) is 78.7 Å². The van der Waals surface area contributed by atoms with Crippen molar-refractivity contribution in [1.29, 1.82) is 0 Å². The van der Waals surface area contributed by atoms with Gasteiger partial charge in [0.15, 0.2) is 0 Å². The second-order valence-corrected chi connectivity index (χ2v) is 7.21. The van der Waals surface area contributed by atoms with E-state index in [1.54, 1.807) is 4.90 Å². The minimum Gasteiger partial charge on any atom is -0.337 e. The molecule has 0 aliphatic carbocycles. The van der Waals surface area contributed by atoms with Crippen molar-refractivity contribution in [2.24, 2.45) is 11.7 Å². The van der Waals surface area contributed by atoms with Crippen molar-refractivity contribution in [3.63, 3.8) is 0 Å². The molecule has 144 valence electrons. The Morgan fingerprint density at radius 2 is 1.96 bits per heavy atom. The molecule has 0 aromatic heterocycles. The fraction of sp³-hybridized carbons (Fsp3) is 0.579. The van der Waals surface area contributed by atoms with Crippen molar-refractivity contribution in [3.05, 3.63) is 35.4 Å². The summed E-state index contributed by atoms with van der Waals surface area (Å²) in [6.45, 7) is 4.73. The second kappa shape index (κ2) is 9.24. The molecule has 1 saturated heterocycles. The average molecular weight is 381 g/mol. The summed E-state index contributed by atoms with van der Waals surface area (Å²) in [5, 5.41) is 2.79. The highest BCUT2D eigenvalue weighted by Gasteiger charge is 2.29. The van der Waals surface area contributed by atoms with Gasteiger partial charge in [-0.05, 0) is 36.3 Å². The number of piperidine rings is 1. The van der Waals surface area contributed by atoms with Crippen LogP contribution in [0.2, 0.25) is 0 Å². The summed E-state index contributed by atoms with van der Waals surface area (Å²) in [6.07, 6.45) is 2.80. The Kier molecular flexibility index (Phi) is 7.29. The molecule has 2 unspecified atom stereocenters. The number of urea groups is 1. The van der Waals surface area contributed by atoms with Gasteiger partial charge in [0.2, 0.25) is 5.91 Å². The second-order valence-electron chi connectivity index (χ2n) is 7.21. The molecular formula is C19H29ClN4O2. The normalized spacial score (nSPS) is 22.2. The Bertz CT molecular complexity index is 640. The van der Waals surface area contributed by atoms with Crippen LogP contribution in [0.5, 0.6) is 0 Å². The van der Waals surface area contributed by atoms with Crippen LogP contribution in [0.4, 0.5) is 4.79 Å². The van der Waals surface area contributed by atoms with Gasteiger partial charge in [-0.25, -0.2) is 4.79 Å². The highest BCUT2D eigenvalue weighted by atomic mass is 35.5. The fourth-order valence-electron chi connectivity index (χ4n) is 3.84. The molecule has 1 aromatic rings. The van der Waals surface area contributed by atoms with Crippen molar-refractivity contribution < 1.29 is 9.59 Å². The zero-order valence-electron chi connectivity index (χ0n) is 15.3. The molecule has 3 N–H and O–H groups in total. The predicted octanol–water partition coefficient (Wildman–Crippen LogP) is 1.76. The van der Waals surface area contributed by atoms with Crippen molar-refractivity contribution in [2.45, 2.75) is 38.8 Å². The standard InChI is InChI=1S/C19H28N4O2.ClH/c1-14-6-9-23(17(10-14)11-20)18(24)12-21-19(25)22-8-7-15-4-2-3-5-16(15)13-22;/h2-5,14,17H,6-13,20H2,1H3,(H,21,25);1H. The van der Waals surface area contributed by atoms with Crippen LogP contribution >= 0.6 is 12.4 Å². The summed E-state index contributed by atoms with van der Waals surface area (Å²) in [7, 11) is 0. The quantitative estimate of drug-likeness (QED) is 0.838. The van der Waals surface area contributed by atoms with Crippen LogP contribution in [0.3, 0.4) is 0 Å². The molecular weight excluding hydrogens is 352 g/mol. The van der Waals surface area contributed by atoms with E-state index in [0.29, 0.717) is 25.6 Å². The average Bonchev–Trinajstić information content (AvgIpc) is 2.65. The van der Waals surface area contributed by atoms with Crippen LogP contribution in [-0.4, -0.2) is 54.0 Å². The SMILES string of the molecule is CC1CCN(C(=O)CNC(=O)N2CCc3ccccc3C2)C(CN)C1.Cl. The number of likely N-dealkylation sites (tertiary alicyclic amines) is 1. The predicted molar refractivity (Wildman–Crippen MR) is 104 cm³/mol. The number of fused-ring (bicyclic) bond motifs is 1. The van der Waals surface area contributed by atoms with Gasteiger partial charge in [-0.1, -0.05) is 31.2 Å². The number of carbonyl (C=O) groups excluding carboxylic acids is 2. The van der Waals surface area contributed by atoms with Gasteiger partial charge in [0.05, 0.1) is 6.54 Å². The molecule has 0 spiro atoms. The number of nitrogens with two attached hydrogens (primary N) is 1. The lowest BCUT2D eigenvalue weighted by Gasteiger charge is -2.38. The fourth-order valence-corrected chi connectivity index (χ4v) is 3.84. The summed E-state index contributed by atoms with van der Waals surface area (Å²) < 4.78 is 0. The highest BCUT2D eigenvalue weighted by Crippen LogP contribution is 2.22. The maximum Gasteiger partial charge on any atom is 0.318 e. The summed E-state index contributed by atoms with van der Waals surface area (Å²) in [4.78, 5) is 28.5. The summed E-state index contributed by atoms with van der Waals surface area (Å²) in [6, 6.07) is 8.11. The van der Waals surface area contributed by atoms with Gasteiger partial charge < -0.3 is 20.9 Å². The Labute approximate surface area is 161 Å². The zero-order valence-corrected chi connectivity index (χ0v) is 16.1. The van der Waals surface area contributed by atoms with E-state index in [0.717, 1.165) is 25.8 Å². The number of carbonyl (C=O) groups is 2. The van der Waals surface area contributed by atoms with E-state index >= 15 is 0 Å². The third-order valence-electron chi connectivity index (χ3n) is 5.38. The van der Waals surface area contributed by atoms with Crippen molar-refractivity contribution in [3.8, 4) is 0 Å². The Morgan fingerprint density at radius 1 is 1.23 bits per heavy atom. The molecule has 2 atom stereocenters. The molecule has 3 rings (SSSR count). The van der Waals surface area contributed by atoms with Gasteiger partial charge in [0, 0.05) is 32.2 Å².